The van der Waals surface area contributed by atoms with Crippen LogP contribution in [0, 0.1) is 0 Å². The molecule has 0 bridgehead atoms. The van der Waals surface area contributed by atoms with Crippen LogP contribution < -0.4 is 14.5 Å². The van der Waals surface area contributed by atoms with E-state index in [2.05, 4.69) is 56.3 Å². The van der Waals surface area contributed by atoms with Crippen LogP contribution in [0.5, 0.6) is 5.75 Å². The first kappa shape index (κ1) is 18.5. The number of fused-ring (bicyclic) bond motifs is 1. The lowest BCUT2D eigenvalue weighted by atomic mass is 10.1. The number of benzene rings is 3. The van der Waals surface area contributed by atoms with Crippen molar-refractivity contribution in [2.75, 3.05) is 42.6 Å². The highest BCUT2D eigenvalue weighted by Gasteiger charge is 2.22. The summed E-state index contributed by atoms with van der Waals surface area (Å²) in [5.74, 6) is 1.54. The number of ether oxygens (including phenoxy) is 1. The first-order chi connectivity index (χ1) is 14.8. The number of aromatic nitrogens is 2. The number of anilines is 2. The lowest BCUT2D eigenvalue weighted by Gasteiger charge is -2.35. The summed E-state index contributed by atoms with van der Waals surface area (Å²) in [5.41, 5.74) is 2.18. The van der Waals surface area contributed by atoms with Gasteiger partial charge in [-0.05, 0) is 48.0 Å². The van der Waals surface area contributed by atoms with E-state index in [1.54, 1.807) is 0 Å². The van der Waals surface area contributed by atoms with E-state index in [-0.39, 0.29) is 0 Å². The Labute approximate surface area is 175 Å². The van der Waals surface area contributed by atoms with Crippen molar-refractivity contribution in [3.05, 3.63) is 66.7 Å². The van der Waals surface area contributed by atoms with Crippen LogP contribution in [0.1, 0.15) is 6.92 Å². The van der Waals surface area contributed by atoms with Gasteiger partial charge in [0.15, 0.2) is 0 Å². The van der Waals surface area contributed by atoms with Crippen molar-refractivity contribution in [1.29, 1.82) is 0 Å². The van der Waals surface area contributed by atoms with Crippen molar-refractivity contribution in [3.8, 4) is 17.1 Å². The summed E-state index contributed by atoms with van der Waals surface area (Å²) >= 11 is 0. The summed E-state index contributed by atoms with van der Waals surface area (Å²) in [5, 5.41) is 6.59. The molecule has 1 fully saturated rings. The molecule has 0 aliphatic carbocycles. The van der Waals surface area contributed by atoms with Crippen LogP contribution in [0.4, 0.5) is 11.7 Å². The molecule has 5 rings (SSSR count). The van der Waals surface area contributed by atoms with E-state index in [1.165, 1.54) is 16.5 Å². The van der Waals surface area contributed by atoms with Crippen molar-refractivity contribution in [1.82, 2.24) is 10.1 Å². The number of nitrogens with zero attached hydrogens (tertiary/aromatic N) is 4. The van der Waals surface area contributed by atoms with E-state index in [4.69, 9.17) is 9.26 Å². The molecule has 152 valence electrons. The zero-order valence-corrected chi connectivity index (χ0v) is 17.0. The summed E-state index contributed by atoms with van der Waals surface area (Å²) in [6.45, 7) is 6.17. The van der Waals surface area contributed by atoms with Gasteiger partial charge in [-0.15, -0.1) is 0 Å². The highest BCUT2D eigenvalue weighted by Crippen LogP contribution is 2.26. The molecular formula is C24H24N4O2. The molecule has 0 amide bonds. The highest BCUT2D eigenvalue weighted by molar-refractivity contribution is 5.86. The topological polar surface area (TPSA) is 54.6 Å². The predicted molar refractivity (Wildman–Crippen MR) is 119 cm³/mol. The molecule has 1 saturated heterocycles. The van der Waals surface area contributed by atoms with E-state index in [1.807, 2.05) is 37.3 Å². The fourth-order valence-electron chi connectivity index (χ4n) is 3.87. The number of hydrogen-bond donors (Lipinski definition) is 0. The Bertz CT molecular complexity index is 1130. The van der Waals surface area contributed by atoms with Crippen molar-refractivity contribution >= 4 is 22.5 Å². The highest BCUT2D eigenvalue weighted by atomic mass is 16.5. The molecule has 0 saturated carbocycles. The normalized spacial score (nSPS) is 14.3. The molecule has 4 aromatic rings. The monoisotopic (exact) mass is 400 g/mol. The lowest BCUT2D eigenvalue weighted by Crippen LogP contribution is -2.46. The largest absolute Gasteiger partial charge is 0.494 e. The van der Waals surface area contributed by atoms with Crippen LogP contribution >= 0.6 is 0 Å². The van der Waals surface area contributed by atoms with E-state index >= 15 is 0 Å². The minimum Gasteiger partial charge on any atom is -0.494 e. The molecule has 1 aliphatic rings. The van der Waals surface area contributed by atoms with Crippen LogP contribution in [0.25, 0.3) is 22.2 Å². The average molecular weight is 400 g/mol. The zero-order chi connectivity index (χ0) is 20.3. The van der Waals surface area contributed by atoms with Gasteiger partial charge < -0.3 is 19.1 Å². The van der Waals surface area contributed by atoms with Crippen LogP contribution in [-0.4, -0.2) is 42.9 Å². The summed E-state index contributed by atoms with van der Waals surface area (Å²) in [7, 11) is 0. The fraction of sp³-hybridized carbons (Fsp3) is 0.250. The van der Waals surface area contributed by atoms with E-state index in [0.29, 0.717) is 18.4 Å². The predicted octanol–water partition coefficient (Wildman–Crippen LogP) is 4.62. The third-order valence-corrected chi connectivity index (χ3v) is 5.49. The fourth-order valence-corrected chi connectivity index (χ4v) is 3.87. The van der Waals surface area contributed by atoms with Gasteiger partial charge in [-0.3, -0.25) is 0 Å². The Morgan fingerprint density at radius 1 is 0.867 bits per heavy atom. The third-order valence-electron chi connectivity index (χ3n) is 5.49. The lowest BCUT2D eigenvalue weighted by molar-refractivity contribution is 0.340. The Kier molecular flexibility index (Phi) is 4.97. The van der Waals surface area contributed by atoms with Gasteiger partial charge in [0.05, 0.1) is 6.61 Å². The molecule has 1 aromatic heterocycles. The van der Waals surface area contributed by atoms with E-state index in [9.17, 15) is 0 Å². The molecule has 6 heteroatoms. The van der Waals surface area contributed by atoms with E-state index in [0.717, 1.165) is 37.5 Å². The molecule has 6 nitrogen and oxygen atoms in total. The minimum atomic E-state index is 0.588. The number of rotatable bonds is 5. The van der Waals surface area contributed by atoms with E-state index < -0.39 is 0 Å². The molecule has 30 heavy (non-hydrogen) atoms. The van der Waals surface area contributed by atoms with Crippen LogP contribution in [0.2, 0.25) is 0 Å². The summed E-state index contributed by atoms with van der Waals surface area (Å²) in [6, 6.07) is 23.4. The SMILES string of the molecule is CCOc1ccc(N2CCN(c3nc(-c4ccc5ccccc5c4)no3)CC2)cc1. The standard InChI is InChI=1S/C24H24N4O2/c1-2-29-22-11-9-21(10-12-22)27-13-15-28(16-14-27)24-25-23(26-30-24)20-8-7-18-5-3-4-6-19(18)17-20/h3-12,17H,2,13-16H2,1H3. The van der Waals surface area contributed by atoms with Gasteiger partial charge in [0.2, 0.25) is 5.82 Å². The van der Waals surface area contributed by atoms with Gasteiger partial charge >= 0.3 is 6.01 Å². The van der Waals surface area contributed by atoms with Crippen molar-refractivity contribution in [3.63, 3.8) is 0 Å². The maximum atomic E-state index is 5.58. The zero-order valence-electron chi connectivity index (χ0n) is 17.0. The second-order valence-corrected chi connectivity index (χ2v) is 7.36. The maximum Gasteiger partial charge on any atom is 0.324 e. The number of piperazine rings is 1. The van der Waals surface area contributed by atoms with Crippen molar-refractivity contribution in [2.45, 2.75) is 6.92 Å². The molecule has 3 aromatic carbocycles. The van der Waals surface area contributed by atoms with Crippen LogP contribution in [0.15, 0.2) is 71.3 Å². The molecule has 2 heterocycles. The van der Waals surface area contributed by atoms with Crippen molar-refractivity contribution in [2.24, 2.45) is 0 Å². The quantitative estimate of drug-likeness (QED) is 0.487. The third kappa shape index (κ3) is 3.68. The second-order valence-electron chi connectivity index (χ2n) is 7.36. The summed E-state index contributed by atoms with van der Waals surface area (Å²) in [4.78, 5) is 9.18. The summed E-state index contributed by atoms with van der Waals surface area (Å²) < 4.78 is 11.1. The van der Waals surface area contributed by atoms with Gasteiger partial charge in [0.1, 0.15) is 5.75 Å². The molecular weight excluding hydrogens is 376 g/mol. The average Bonchev–Trinajstić information content (AvgIpc) is 3.30. The number of hydrogen-bond acceptors (Lipinski definition) is 6. The van der Waals surface area contributed by atoms with Gasteiger partial charge in [0, 0.05) is 37.4 Å². The van der Waals surface area contributed by atoms with Crippen LogP contribution in [-0.2, 0) is 0 Å². The van der Waals surface area contributed by atoms with Gasteiger partial charge in [-0.25, -0.2) is 0 Å². The Hall–Kier alpha value is -3.54. The Morgan fingerprint density at radius 3 is 2.37 bits per heavy atom. The van der Waals surface area contributed by atoms with Crippen LogP contribution in [0.3, 0.4) is 0 Å². The molecule has 1 aliphatic heterocycles. The second kappa shape index (κ2) is 8.06. The molecule has 0 N–H and O–H groups in total. The molecule has 0 radical (unpaired) electrons. The maximum absolute atomic E-state index is 5.58. The molecule has 0 spiro atoms. The summed E-state index contributed by atoms with van der Waals surface area (Å²) in [6.07, 6.45) is 0. The minimum absolute atomic E-state index is 0.588. The van der Waals surface area contributed by atoms with Gasteiger partial charge in [-0.1, -0.05) is 41.6 Å². The Balaban J connectivity index is 1.26. The first-order valence-corrected chi connectivity index (χ1v) is 10.4. The van der Waals surface area contributed by atoms with Gasteiger partial charge in [0.25, 0.3) is 0 Å². The Morgan fingerprint density at radius 2 is 1.60 bits per heavy atom. The molecule has 0 atom stereocenters. The molecule has 0 unspecified atom stereocenters. The smallest absolute Gasteiger partial charge is 0.324 e. The van der Waals surface area contributed by atoms with Crippen molar-refractivity contribution < 1.29 is 9.26 Å². The first-order valence-electron chi connectivity index (χ1n) is 10.4. The van der Waals surface area contributed by atoms with Gasteiger partial charge in [-0.2, -0.15) is 4.98 Å².